The van der Waals surface area contributed by atoms with Gasteiger partial charge in [0.1, 0.15) is 6.54 Å². The number of carboxylic acids is 1. The zero-order chi connectivity index (χ0) is 19.6. The molecule has 2 aromatic carbocycles. The zero-order valence-electron chi connectivity index (χ0n) is 15.4. The van der Waals surface area contributed by atoms with E-state index in [2.05, 4.69) is 5.32 Å². The number of carbonyl (C=O) groups is 2. The fraction of sp³-hybridized carbons (Fsp3) is 0.333. The van der Waals surface area contributed by atoms with E-state index in [9.17, 15) is 14.7 Å². The normalized spacial score (nSPS) is 20.7. The summed E-state index contributed by atoms with van der Waals surface area (Å²) >= 11 is 6.25. The number of hydrogen-bond acceptors (Lipinski definition) is 3. The molecular weight excluding hydrogens is 364 g/mol. The summed E-state index contributed by atoms with van der Waals surface area (Å²) in [6.07, 6.45) is 0.795. The van der Waals surface area contributed by atoms with E-state index < -0.39 is 12.0 Å². The molecule has 1 amide bonds. The molecule has 0 saturated carbocycles. The number of halogens is 1. The van der Waals surface area contributed by atoms with Gasteiger partial charge >= 0.3 is 5.97 Å². The molecule has 27 heavy (non-hydrogen) atoms. The van der Waals surface area contributed by atoms with Crippen molar-refractivity contribution in [1.29, 1.82) is 0 Å². The number of hydrogen-bond donors (Lipinski definition) is 2. The minimum atomic E-state index is -1.05. The molecule has 6 heteroatoms. The molecule has 2 unspecified atom stereocenters. The number of nitrogens with one attached hydrogen (secondary N) is 1. The second-order valence-electron chi connectivity index (χ2n) is 6.89. The Hall–Kier alpha value is -2.37. The maximum atomic E-state index is 13.3. The first-order valence-electron chi connectivity index (χ1n) is 9.06. The van der Waals surface area contributed by atoms with Crippen molar-refractivity contribution in [3.05, 3.63) is 64.7 Å². The summed E-state index contributed by atoms with van der Waals surface area (Å²) < 4.78 is 0. The van der Waals surface area contributed by atoms with Crippen molar-refractivity contribution in [2.75, 3.05) is 11.4 Å². The van der Waals surface area contributed by atoms with Gasteiger partial charge in [-0.05, 0) is 35.2 Å². The molecule has 1 heterocycles. The topological polar surface area (TPSA) is 69.6 Å². The lowest BCUT2D eigenvalue weighted by atomic mass is 9.94. The maximum Gasteiger partial charge on any atom is 0.323 e. The fourth-order valence-corrected chi connectivity index (χ4v) is 3.67. The third-order valence-electron chi connectivity index (χ3n) is 5.11. The molecule has 0 saturated heterocycles. The van der Waals surface area contributed by atoms with Gasteiger partial charge in [-0.2, -0.15) is 0 Å². The SMILES string of the molecule is CCC(C)[C@@H]1NC(c2ccccc2)c2cc(Cl)ccc2N(CC(=O)O)C1=O. The molecule has 5 nitrogen and oxygen atoms in total. The van der Waals surface area contributed by atoms with Crippen molar-refractivity contribution in [3.63, 3.8) is 0 Å². The van der Waals surface area contributed by atoms with E-state index in [1.807, 2.05) is 50.2 Å². The largest absolute Gasteiger partial charge is 0.480 e. The number of nitrogens with zero attached hydrogens (tertiary/aromatic N) is 1. The van der Waals surface area contributed by atoms with Gasteiger partial charge in [0.2, 0.25) is 5.91 Å². The Morgan fingerprint density at radius 1 is 1.26 bits per heavy atom. The third kappa shape index (κ3) is 3.99. The molecule has 1 aliphatic rings. The molecule has 0 radical (unpaired) electrons. The number of anilines is 1. The predicted octanol–water partition coefficient (Wildman–Crippen LogP) is 3.86. The molecule has 0 bridgehead atoms. The van der Waals surface area contributed by atoms with E-state index in [1.165, 1.54) is 4.90 Å². The lowest BCUT2D eigenvalue weighted by Gasteiger charge is -2.28. The Kier molecular flexibility index (Phi) is 5.82. The van der Waals surface area contributed by atoms with Crippen LogP contribution in [0.25, 0.3) is 0 Å². The highest BCUT2D eigenvalue weighted by molar-refractivity contribution is 6.30. The molecule has 0 fully saturated rings. The molecule has 142 valence electrons. The number of amides is 1. The van der Waals surface area contributed by atoms with Crippen LogP contribution in [0.15, 0.2) is 48.5 Å². The predicted molar refractivity (Wildman–Crippen MR) is 106 cm³/mol. The summed E-state index contributed by atoms with van der Waals surface area (Å²) in [5, 5.41) is 13.4. The van der Waals surface area contributed by atoms with Crippen LogP contribution in [-0.2, 0) is 9.59 Å². The second-order valence-corrected chi connectivity index (χ2v) is 7.33. The highest BCUT2D eigenvalue weighted by atomic mass is 35.5. The quantitative estimate of drug-likeness (QED) is 0.818. The zero-order valence-corrected chi connectivity index (χ0v) is 16.1. The lowest BCUT2D eigenvalue weighted by Crippen LogP contribution is -2.50. The Morgan fingerprint density at radius 3 is 2.59 bits per heavy atom. The van der Waals surface area contributed by atoms with E-state index in [0.717, 1.165) is 17.5 Å². The first kappa shape index (κ1) is 19.4. The highest BCUT2D eigenvalue weighted by Crippen LogP contribution is 2.37. The number of carbonyl (C=O) groups excluding carboxylic acids is 1. The maximum absolute atomic E-state index is 13.3. The number of rotatable bonds is 5. The minimum absolute atomic E-state index is 0.0461. The highest BCUT2D eigenvalue weighted by Gasteiger charge is 2.38. The lowest BCUT2D eigenvalue weighted by molar-refractivity contribution is -0.137. The van der Waals surface area contributed by atoms with Crippen LogP contribution in [0.5, 0.6) is 0 Å². The first-order chi connectivity index (χ1) is 12.9. The summed E-state index contributed by atoms with van der Waals surface area (Å²) in [5.74, 6) is -1.23. The molecular formula is C21H23ClN2O3. The van der Waals surface area contributed by atoms with E-state index in [4.69, 9.17) is 11.6 Å². The van der Waals surface area contributed by atoms with Crippen LogP contribution < -0.4 is 10.2 Å². The summed E-state index contributed by atoms with van der Waals surface area (Å²) in [7, 11) is 0. The molecule has 0 spiro atoms. The molecule has 3 atom stereocenters. The van der Waals surface area contributed by atoms with Gasteiger partial charge < -0.3 is 5.11 Å². The van der Waals surface area contributed by atoms with Crippen LogP contribution in [-0.4, -0.2) is 29.6 Å². The summed E-state index contributed by atoms with van der Waals surface area (Å²) in [6, 6.07) is 14.3. The van der Waals surface area contributed by atoms with Gasteiger partial charge in [0, 0.05) is 10.7 Å². The van der Waals surface area contributed by atoms with Crippen molar-refractivity contribution >= 4 is 29.2 Å². The second kappa shape index (κ2) is 8.11. The molecule has 3 rings (SSSR count). The van der Waals surface area contributed by atoms with Crippen LogP contribution in [0.3, 0.4) is 0 Å². The Balaban J connectivity index is 2.20. The Labute approximate surface area is 163 Å². The molecule has 0 aliphatic carbocycles. The van der Waals surface area contributed by atoms with E-state index in [1.54, 1.807) is 12.1 Å². The minimum Gasteiger partial charge on any atom is -0.480 e. The fourth-order valence-electron chi connectivity index (χ4n) is 3.49. The van der Waals surface area contributed by atoms with Crippen LogP contribution in [0.1, 0.15) is 37.4 Å². The number of benzene rings is 2. The summed E-state index contributed by atoms with van der Waals surface area (Å²) in [6.45, 7) is 3.64. The number of carboxylic acid groups (broad SMARTS) is 1. The summed E-state index contributed by atoms with van der Waals surface area (Å²) in [4.78, 5) is 26.1. The van der Waals surface area contributed by atoms with Crippen molar-refractivity contribution in [1.82, 2.24) is 5.32 Å². The van der Waals surface area contributed by atoms with E-state index in [-0.39, 0.29) is 24.4 Å². The molecule has 2 N–H and O–H groups in total. The van der Waals surface area contributed by atoms with Gasteiger partial charge in [-0.3, -0.25) is 19.8 Å². The van der Waals surface area contributed by atoms with E-state index in [0.29, 0.717) is 10.7 Å². The van der Waals surface area contributed by atoms with Crippen LogP contribution >= 0.6 is 11.6 Å². The van der Waals surface area contributed by atoms with Gasteiger partial charge in [0.25, 0.3) is 0 Å². The van der Waals surface area contributed by atoms with Crippen molar-refractivity contribution in [3.8, 4) is 0 Å². The average Bonchev–Trinajstić information content (AvgIpc) is 2.77. The van der Waals surface area contributed by atoms with E-state index >= 15 is 0 Å². The van der Waals surface area contributed by atoms with Crippen LogP contribution in [0.2, 0.25) is 5.02 Å². The standard InChI is InChI=1S/C21H23ClN2O3/c1-3-13(2)19-21(27)24(12-18(25)26)17-10-9-15(22)11-16(17)20(23-19)14-7-5-4-6-8-14/h4-11,13,19-20,23H,3,12H2,1-2H3,(H,25,26)/t13?,19-,20?/m0/s1. The number of fused-ring (bicyclic) bond motifs is 1. The van der Waals surface area contributed by atoms with Crippen molar-refractivity contribution in [2.45, 2.75) is 32.4 Å². The van der Waals surface area contributed by atoms with Crippen LogP contribution in [0.4, 0.5) is 5.69 Å². The first-order valence-corrected chi connectivity index (χ1v) is 9.43. The van der Waals surface area contributed by atoms with Crippen LogP contribution in [0, 0.1) is 5.92 Å². The molecule has 1 aliphatic heterocycles. The molecule has 0 aromatic heterocycles. The monoisotopic (exact) mass is 386 g/mol. The van der Waals surface area contributed by atoms with Gasteiger partial charge in [-0.15, -0.1) is 0 Å². The number of aliphatic carboxylic acids is 1. The average molecular weight is 387 g/mol. The van der Waals surface area contributed by atoms with Crippen molar-refractivity contribution in [2.24, 2.45) is 5.92 Å². The van der Waals surface area contributed by atoms with Crippen molar-refractivity contribution < 1.29 is 14.7 Å². The third-order valence-corrected chi connectivity index (χ3v) is 5.34. The smallest absolute Gasteiger partial charge is 0.323 e. The Morgan fingerprint density at radius 2 is 1.96 bits per heavy atom. The van der Waals surface area contributed by atoms with Gasteiger partial charge in [-0.1, -0.05) is 62.2 Å². The molecule has 2 aromatic rings. The van der Waals surface area contributed by atoms with Gasteiger partial charge in [-0.25, -0.2) is 0 Å². The summed E-state index contributed by atoms with van der Waals surface area (Å²) in [5.41, 5.74) is 2.38. The Bertz CT molecular complexity index is 841. The van der Waals surface area contributed by atoms with Gasteiger partial charge in [0.15, 0.2) is 0 Å². The van der Waals surface area contributed by atoms with Gasteiger partial charge in [0.05, 0.1) is 12.1 Å².